The van der Waals surface area contributed by atoms with Crippen molar-refractivity contribution in [2.45, 2.75) is 66.5 Å². The van der Waals surface area contributed by atoms with Crippen LogP contribution in [0.25, 0.3) is 0 Å². The van der Waals surface area contributed by atoms with Gasteiger partial charge in [-0.3, -0.25) is 4.79 Å². The third-order valence-electron chi connectivity index (χ3n) is 4.50. The summed E-state index contributed by atoms with van der Waals surface area (Å²) < 4.78 is 0. The minimum atomic E-state index is 0.0708. The number of amides is 1. The summed E-state index contributed by atoms with van der Waals surface area (Å²) in [7, 11) is 0. The summed E-state index contributed by atoms with van der Waals surface area (Å²) in [6, 6.07) is 7.94. The second-order valence-corrected chi connectivity index (χ2v) is 7.25. The van der Waals surface area contributed by atoms with Crippen LogP contribution in [0.15, 0.2) is 29.3 Å². The number of nitrogens with zero attached hydrogens (tertiary/aromatic N) is 2. The maximum absolute atomic E-state index is 12.3. The molecule has 0 spiro atoms. The van der Waals surface area contributed by atoms with E-state index in [0.717, 1.165) is 31.0 Å². The second-order valence-electron chi connectivity index (χ2n) is 7.25. The van der Waals surface area contributed by atoms with Crippen molar-refractivity contribution in [2.75, 3.05) is 13.1 Å². The minimum absolute atomic E-state index is 0.0708. The predicted octanol–water partition coefficient (Wildman–Crippen LogP) is 3.79. The van der Waals surface area contributed by atoms with Crippen LogP contribution in [-0.4, -0.2) is 35.9 Å². The highest BCUT2D eigenvalue weighted by Gasteiger charge is 2.11. The van der Waals surface area contributed by atoms with Gasteiger partial charge < -0.3 is 16.0 Å². The van der Waals surface area contributed by atoms with Gasteiger partial charge in [-0.25, -0.2) is 4.99 Å². The summed E-state index contributed by atoms with van der Waals surface area (Å²) in [6.45, 7) is 12.6. The number of aliphatic imine (C=N–C) groups is 1. The predicted molar refractivity (Wildman–Crippen MR) is 110 cm³/mol. The highest BCUT2D eigenvalue weighted by molar-refractivity contribution is 5.94. The quantitative estimate of drug-likeness (QED) is 0.493. The van der Waals surface area contributed by atoms with E-state index in [1.54, 1.807) is 0 Å². The highest BCUT2D eigenvalue weighted by atomic mass is 16.2. The summed E-state index contributed by atoms with van der Waals surface area (Å²) in [5, 5.41) is 3.25. The van der Waals surface area contributed by atoms with E-state index in [1.807, 2.05) is 43.0 Å². The molecule has 0 saturated heterocycles. The molecule has 0 heterocycles. The van der Waals surface area contributed by atoms with Gasteiger partial charge in [0, 0.05) is 24.7 Å². The Kier molecular flexibility index (Phi) is 9.78. The molecule has 1 rings (SSSR count). The molecular formula is C21H36N4O. The van der Waals surface area contributed by atoms with E-state index in [1.165, 1.54) is 12.8 Å². The fraction of sp³-hybridized carbons (Fsp3) is 0.619. The molecule has 5 nitrogen and oxygen atoms in total. The van der Waals surface area contributed by atoms with Crippen molar-refractivity contribution in [3.8, 4) is 0 Å². The third kappa shape index (κ3) is 7.89. The monoisotopic (exact) mass is 360 g/mol. The molecular weight excluding hydrogens is 324 g/mol. The van der Waals surface area contributed by atoms with E-state index in [9.17, 15) is 4.79 Å². The zero-order valence-corrected chi connectivity index (χ0v) is 17.1. The van der Waals surface area contributed by atoms with Crippen LogP contribution in [0.3, 0.4) is 0 Å². The van der Waals surface area contributed by atoms with Crippen molar-refractivity contribution >= 4 is 11.9 Å². The number of nitrogens with one attached hydrogen (secondary N) is 1. The number of hydrogen-bond donors (Lipinski definition) is 2. The lowest BCUT2D eigenvalue weighted by Gasteiger charge is -2.18. The van der Waals surface area contributed by atoms with Crippen molar-refractivity contribution in [3.63, 3.8) is 0 Å². The molecule has 1 atom stereocenters. The van der Waals surface area contributed by atoms with Gasteiger partial charge >= 0.3 is 0 Å². The van der Waals surface area contributed by atoms with Crippen LogP contribution in [0.1, 0.15) is 69.8 Å². The SMILES string of the molecule is CCN(CC)C(=O)c1ccc(CN=C(N)NC(C)CCCC(C)C)cc1. The van der Waals surface area contributed by atoms with E-state index in [0.29, 0.717) is 24.1 Å². The molecule has 5 heteroatoms. The second kappa shape index (κ2) is 11.6. The molecule has 0 aliphatic rings. The molecule has 1 amide bonds. The van der Waals surface area contributed by atoms with E-state index in [2.05, 4.69) is 31.1 Å². The molecule has 0 aliphatic carbocycles. The molecule has 0 radical (unpaired) electrons. The molecule has 1 aromatic rings. The van der Waals surface area contributed by atoms with Crippen molar-refractivity contribution in [1.29, 1.82) is 0 Å². The van der Waals surface area contributed by atoms with Crippen molar-refractivity contribution in [3.05, 3.63) is 35.4 Å². The maximum Gasteiger partial charge on any atom is 0.253 e. The molecule has 0 aliphatic heterocycles. The molecule has 0 fully saturated rings. The standard InChI is InChI=1S/C21H36N4O/c1-6-25(7-2)20(26)19-13-11-18(12-14-19)15-23-21(22)24-17(5)10-8-9-16(3)4/h11-14,16-17H,6-10,15H2,1-5H3,(H3,22,23,24). The maximum atomic E-state index is 12.3. The Morgan fingerprint density at radius 1 is 1.12 bits per heavy atom. The van der Waals surface area contributed by atoms with Crippen molar-refractivity contribution in [1.82, 2.24) is 10.2 Å². The normalized spacial score (nSPS) is 12.9. The molecule has 1 unspecified atom stereocenters. The first kappa shape index (κ1) is 22.0. The van der Waals surface area contributed by atoms with Gasteiger partial charge in [-0.2, -0.15) is 0 Å². The van der Waals surface area contributed by atoms with Gasteiger partial charge in [-0.05, 0) is 50.8 Å². The van der Waals surface area contributed by atoms with E-state index in [-0.39, 0.29) is 5.91 Å². The van der Waals surface area contributed by atoms with Crippen molar-refractivity contribution in [2.24, 2.45) is 16.6 Å². The number of rotatable bonds is 10. The van der Waals surface area contributed by atoms with Crippen LogP contribution in [-0.2, 0) is 6.54 Å². The van der Waals surface area contributed by atoms with E-state index >= 15 is 0 Å². The zero-order chi connectivity index (χ0) is 19.5. The molecule has 0 saturated carbocycles. The molecule has 26 heavy (non-hydrogen) atoms. The first-order valence-corrected chi connectivity index (χ1v) is 9.82. The van der Waals surface area contributed by atoms with Crippen LogP contribution >= 0.6 is 0 Å². The van der Waals surface area contributed by atoms with Gasteiger partial charge in [0.25, 0.3) is 5.91 Å². The Bertz CT molecular complexity index is 562. The summed E-state index contributed by atoms with van der Waals surface area (Å²) in [4.78, 5) is 18.5. The average Bonchev–Trinajstić information content (AvgIpc) is 2.61. The van der Waals surface area contributed by atoms with E-state index in [4.69, 9.17) is 5.73 Å². The van der Waals surface area contributed by atoms with Gasteiger partial charge in [0.15, 0.2) is 5.96 Å². The average molecular weight is 361 g/mol. The molecule has 3 N–H and O–H groups in total. The van der Waals surface area contributed by atoms with Gasteiger partial charge in [0.1, 0.15) is 0 Å². The van der Waals surface area contributed by atoms with Gasteiger partial charge in [0.2, 0.25) is 0 Å². The summed E-state index contributed by atoms with van der Waals surface area (Å²) in [5.74, 6) is 1.29. The lowest BCUT2D eigenvalue weighted by Crippen LogP contribution is -2.38. The van der Waals surface area contributed by atoms with E-state index < -0.39 is 0 Å². The number of benzene rings is 1. The van der Waals surface area contributed by atoms with Gasteiger partial charge in [0.05, 0.1) is 6.54 Å². The number of carbonyl (C=O) groups excluding carboxylic acids is 1. The summed E-state index contributed by atoms with van der Waals surface area (Å²) in [6.07, 6.45) is 3.53. The smallest absolute Gasteiger partial charge is 0.253 e. The summed E-state index contributed by atoms with van der Waals surface area (Å²) >= 11 is 0. The van der Waals surface area contributed by atoms with Crippen LogP contribution < -0.4 is 11.1 Å². The lowest BCUT2D eigenvalue weighted by molar-refractivity contribution is 0.0773. The largest absolute Gasteiger partial charge is 0.370 e. The van der Waals surface area contributed by atoms with Crippen molar-refractivity contribution < 1.29 is 4.79 Å². The molecule has 146 valence electrons. The Labute approximate surface area is 159 Å². The minimum Gasteiger partial charge on any atom is -0.370 e. The van der Waals surface area contributed by atoms with Gasteiger partial charge in [-0.15, -0.1) is 0 Å². The Morgan fingerprint density at radius 2 is 1.73 bits per heavy atom. The van der Waals surface area contributed by atoms with Crippen LogP contribution in [0, 0.1) is 5.92 Å². The topological polar surface area (TPSA) is 70.7 Å². The molecule has 0 bridgehead atoms. The fourth-order valence-electron chi connectivity index (χ4n) is 2.83. The Morgan fingerprint density at radius 3 is 2.27 bits per heavy atom. The van der Waals surface area contributed by atoms with Crippen LogP contribution in [0.4, 0.5) is 0 Å². The number of carbonyl (C=O) groups is 1. The van der Waals surface area contributed by atoms with Gasteiger partial charge in [-0.1, -0.05) is 38.8 Å². The zero-order valence-electron chi connectivity index (χ0n) is 17.1. The third-order valence-corrected chi connectivity index (χ3v) is 4.50. The van der Waals surface area contributed by atoms with Crippen LogP contribution in [0.5, 0.6) is 0 Å². The number of nitrogens with two attached hydrogens (primary N) is 1. The number of hydrogen-bond acceptors (Lipinski definition) is 2. The lowest BCUT2D eigenvalue weighted by atomic mass is 10.0. The molecule has 1 aromatic carbocycles. The summed E-state index contributed by atoms with van der Waals surface area (Å²) in [5.41, 5.74) is 7.74. The Balaban J connectivity index is 2.50. The first-order valence-electron chi connectivity index (χ1n) is 9.82. The Hall–Kier alpha value is -2.04. The van der Waals surface area contributed by atoms with Crippen LogP contribution in [0.2, 0.25) is 0 Å². The first-order chi connectivity index (χ1) is 12.4. The fourth-order valence-corrected chi connectivity index (χ4v) is 2.83. The molecule has 0 aromatic heterocycles. The number of guanidine groups is 1. The highest BCUT2D eigenvalue weighted by Crippen LogP contribution is 2.10.